The molecule has 2 heterocycles. The monoisotopic (exact) mass is 283 g/mol. The highest BCUT2D eigenvalue weighted by Crippen LogP contribution is 2.34. The van der Waals surface area contributed by atoms with Crippen molar-refractivity contribution >= 4 is 11.8 Å². The number of rotatable bonds is 2. The Hall–Kier alpha value is -2.36. The largest absolute Gasteiger partial charge is 0.465 e. The highest BCUT2D eigenvalue weighted by atomic mass is 16.5. The van der Waals surface area contributed by atoms with Crippen molar-refractivity contribution in [2.45, 2.75) is 26.8 Å². The number of aromatic nitrogens is 1. The number of hydrogen-bond acceptors (Lipinski definition) is 3. The van der Waals surface area contributed by atoms with Crippen molar-refractivity contribution in [2.75, 3.05) is 7.11 Å². The molecule has 0 radical (unpaired) electrons. The number of carbonyl (C=O) groups is 2. The Kier molecular flexibility index (Phi) is 3.16. The van der Waals surface area contributed by atoms with Gasteiger partial charge in [-0.05, 0) is 49.6 Å². The fourth-order valence-corrected chi connectivity index (χ4v) is 3.00. The maximum atomic E-state index is 11.7. The van der Waals surface area contributed by atoms with E-state index in [1.807, 2.05) is 31.3 Å². The summed E-state index contributed by atoms with van der Waals surface area (Å²) in [6.07, 6.45) is 2.76. The van der Waals surface area contributed by atoms with Crippen molar-refractivity contribution < 1.29 is 14.3 Å². The average molecular weight is 283 g/mol. The molecule has 0 bridgehead atoms. The molecule has 0 saturated carbocycles. The third-order valence-corrected chi connectivity index (χ3v) is 4.02. The Labute approximate surface area is 123 Å². The number of ketones is 1. The third-order valence-electron chi connectivity index (χ3n) is 4.02. The van der Waals surface area contributed by atoms with Crippen LogP contribution in [0, 0.1) is 6.92 Å². The van der Waals surface area contributed by atoms with Crippen LogP contribution in [0.2, 0.25) is 0 Å². The topological polar surface area (TPSA) is 48.3 Å². The fraction of sp³-hybridized carbons (Fsp3) is 0.294. The number of ether oxygens (including phenoxy) is 1. The van der Waals surface area contributed by atoms with Crippen LogP contribution < -0.4 is 0 Å². The molecule has 3 rings (SSSR count). The first-order chi connectivity index (χ1) is 10.0. The highest BCUT2D eigenvalue weighted by molar-refractivity contribution is 5.96. The maximum absolute atomic E-state index is 11.7. The molecule has 0 fully saturated rings. The minimum atomic E-state index is -0.314. The minimum Gasteiger partial charge on any atom is -0.465 e. The molecule has 0 unspecified atom stereocenters. The smallest absolute Gasteiger partial charge is 0.337 e. The lowest BCUT2D eigenvalue weighted by molar-refractivity contribution is 0.0600. The van der Waals surface area contributed by atoms with Crippen LogP contribution in [-0.4, -0.2) is 23.4 Å². The van der Waals surface area contributed by atoms with E-state index in [2.05, 4.69) is 4.57 Å². The van der Waals surface area contributed by atoms with Gasteiger partial charge in [-0.3, -0.25) is 4.79 Å². The number of carbonyl (C=O) groups excluding carboxylic acids is 2. The average Bonchev–Trinajstić information content (AvgIpc) is 2.90. The molecule has 4 nitrogen and oxygen atoms in total. The second kappa shape index (κ2) is 4.88. The molecule has 0 aliphatic carbocycles. The van der Waals surface area contributed by atoms with Gasteiger partial charge in [0.15, 0.2) is 5.78 Å². The number of nitrogens with zero attached hydrogens (tertiary/aromatic N) is 1. The van der Waals surface area contributed by atoms with E-state index in [1.165, 1.54) is 7.11 Å². The van der Waals surface area contributed by atoms with Crippen molar-refractivity contribution in [3.8, 4) is 11.3 Å². The SMILES string of the molecule is COC(=O)c1cc(C)c2c(c1)CCn1cc(C(C)=O)cc1-2. The molecule has 1 aliphatic heterocycles. The number of methoxy groups -OCH3 is 1. The molecule has 0 N–H and O–H groups in total. The summed E-state index contributed by atoms with van der Waals surface area (Å²) >= 11 is 0. The number of benzene rings is 1. The number of Topliss-reactive ketones (excluding diaryl/α,β-unsaturated/α-hetero) is 1. The maximum Gasteiger partial charge on any atom is 0.337 e. The van der Waals surface area contributed by atoms with Crippen LogP contribution >= 0.6 is 0 Å². The van der Waals surface area contributed by atoms with Crippen molar-refractivity contribution in [2.24, 2.45) is 0 Å². The Morgan fingerprint density at radius 2 is 1.95 bits per heavy atom. The number of fused-ring (bicyclic) bond motifs is 3. The van der Waals surface area contributed by atoms with Crippen molar-refractivity contribution in [1.29, 1.82) is 0 Å². The van der Waals surface area contributed by atoms with E-state index in [9.17, 15) is 9.59 Å². The van der Waals surface area contributed by atoms with Crippen LogP contribution in [0.1, 0.15) is 38.8 Å². The lowest BCUT2D eigenvalue weighted by Crippen LogP contribution is -2.12. The summed E-state index contributed by atoms with van der Waals surface area (Å²) in [6, 6.07) is 5.68. The molecule has 0 amide bonds. The predicted octanol–water partition coefficient (Wildman–Crippen LogP) is 3.01. The van der Waals surface area contributed by atoms with Gasteiger partial charge >= 0.3 is 5.97 Å². The molecule has 0 spiro atoms. The zero-order valence-corrected chi connectivity index (χ0v) is 12.4. The molecule has 4 heteroatoms. The molecule has 0 atom stereocenters. The summed E-state index contributed by atoms with van der Waals surface area (Å²) in [5.74, 6) is -0.242. The van der Waals surface area contributed by atoms with E-state index in [0.717, 1.165) is 40.9 Å². The summed E-state index contributed by atoms with van der Waals surface area (Å²) in [6.45, 7) is 4.39. The van der Waals surface area contributed by atoms with Gasteiger partial charge in [-0.2, -0.15) is 0 Å². The first kappa shape index (κ1) is 13.6. The number of hydrogen-bond donors (Lipinski definition) is 0. The lowest BCUT2D eigenvalue weighted by atomic mass is 9.92. The van der Waals surface area contributed by atoms with Gasteiger partial charge in [-0.1, -0.05) is 0 Å². The first-order valence-corrected chi connectivity index (χ1v) is 6.94. The summed E-state index contributed by atoms with van der Waals surface area (Å²) in [5.41, 5.74) is 5.66. The molecule has 21 heavy (non-hydrogen) atoms. The zero-order chi connectivity index (χ0) is 15.1. The second-order valence-corrected chi connectivity index (χ2v) is 5.43. The second-order valence-electron chi connectivity index (χ2n) is 5.43. The lowest BCUT2D eigenvalue weighted by Gasteiger charge is -2.22. The third kappa shape index (κ3) is 2.17. The quantitative estimate of drug-likeness (QED) is 0.629. The van der Waals surface area contributed by atoms with Gasteiger partial charge in [0.2, 0.25) is 0 Å². The van der Waals surface area contributed by atoms with E-state index in [1.54, 1.807) is 6.92 Å². The van der Waals surface area contributed by atoms with Gasteiger partial charge in [0.05, 0.1) is 12.7 Å². The van der Waals surface area contributed by atoms with Gasteiger partial charge in [-0.25, -0.2) is 4.79 Å². The molecule has 108 valence electrons. The van der Waals surface area contributed by atoms with E-state index in [4.69, 9.17) is 4.74 Å². The highest BCUT2D eigenvalue weighted by Gasteiger charge is 2.22. The molecule has 0 saturated heterocycles. The summed E-state index contributed by atoms with van der Waals surface area (Å²) in [7, 11) is 1.39. The Balaban J connectivity index is 2.16. The Morgan fingerprint density at radius 1 is 1.19 bits per heavy atom. The van der Waals surface area contributed by atoms with Crippen LogP contribution in [0.3, 0.4) is 0 Å². The van der Waals surface area contributed by atoms with Gasteiger partial charge in [0.25, 0.3) is 0 Å². The van der Waals surface area contributed by atoms with Crippen LogP contribution in [0.15, 0.2) is 24.4 Å². The standard InChI is InChI=1S/C17H17NO3/c1-10-6-13(17(20)21-3)7-12-4-5-18-9-14(11(2)19)8-15(18)16(10)12/h6-9H,4-5H2,1-3H3. The van der Waals surface area contributed by atoms with Gasteiger partial charge in [0.1, 0.15) is 0 Å². The van der Waals surface area contributed by atoms with E-state index in [0.29, 0.717) is 5.56 Å². The minimum absolute atomic E-state index is 0.0716. The predicted molar refractivity (Wildman–Crippen MR) is 79.7 cm³/mol. The van der Waals surface area contributed by atoms with Crippen molar-refractivity contribution in [3.05, 3.63) is 46.6 Å². The first-order valence-electron chi connectivity index (χ1n) is 6.94. The normalized spacial score (nSPS) is 12.5. The van der Waals surface area contributed by atoms with E-state index < -0.39 is 0 Å². The summed E-state index contributed by atoms with van der Waals surface area (Å²) in [4.78, 5) is 23.3. The van der Waals surface area contributed by atoms with Gasteiger partial charge < -0.3 is 9.30 Å². The van der Waals surface area contributed by atoms with E-state index >= 15 is 0 Å². The van der Waals surface area contributed by atoms with Crippen LogP contribution in [-0.2, 0) is 17.7 Å². The molecular weight excluding hydrogens is 266 g/mol. The van der Waals surface area contributed by atoms with Crippen LogP contribution in [0.25, 0.3) is 11.3 Å². The van der Waals surface area contributed by atoms with Gasteiger partial charge in [0, 0.05) is 29.6 Å². The summed E-state index contributed by atoms with van der Waals surface area (Å²) in [5, 5.41) is 0. The molecule has 1 aliphatic rings. The van der Waals surface area contributed by atoms with E-state index in [-0.39, 0.29) is 11.8 Å². The van der Waals surface area contributed by atoms with Gasteiger partial charge in [-0.15, -0.1) is 0 Å². The van der Waals surface area contributed by atoms with Crippen molar-refractivity contribution in [3.63, 3.8) is 0 Å². The summed E-state index contributed by atoms with van der Waals surface area (Å²) < 4.78 is 6.91. The van der Waals surface area contributed by atoms with Crippen LogP contribution in [0.5, 0.6) is 0 Å². The zero-order valence-electron chi connectivity index (χ0n) is 12.4. The number of aryl methyl sites for hydroxylation is 3. The molecule has 1 aromatic heterocycles. The van der Waals surface area contributed by atoms with Crippen LogP contribution in [0.4, 0.5) is 0 Å². The molecule has 2 aromatic rings. The fourth-order valence-electron chi connectivity index (χ4n) is 3.00. The molecule has 1 aromatic carbocycles. The Bertz CT molecular complexity index is 756. The molecular formula is C17H17NO3. The van der Waals surface area contributed by atoms with Crippen molar-refractivity contribution in [1.82, 2.24) is 4.57 Å². The number of esters is 1. The Morgan fingerprint density at radius 3 is 2.62 bits per heavy atom.